The summed E-state index contributed by atoms with van der Waals surface area (Å²) in [5, 5.41) is 11.9. The fourth-order valence-corrected chi connectivity index (χ4v) is 2.18. The van der Waals surface area contributed by atoms with E-state index in [1.165, 1.54) is 0 Å². The first kappa shape index (κ1) is 15.0. The molecule has 18 heavy (non-hydrogen) atoms. The highest BCUT2D eigenvalue weighted by molar-refractivity contribution is 5.80. The summed E-state index contributed by atoms with van der Waals surface area (Å²) in [6.07, 6.45) is 2.08. The smallest absolute Gasteiger partial charge is 0.320 e. The van der Waals surface area contributed by atoms with Gasteiger partial charge in [0.2, 0.25) is 5.91 Å². The number of carboxylic acids is 1. The number of piperidine rings is 1. The number of hydrogen-bond acceptors (Lipinski definition) is 3. The Hall–Kier alpha value is -1.10. The Morgan fingerprint density at radius 1 is 1.33 bits per heavy atom. The molecule has 0 aromatic rings. The van der Waals surface area contributed by atoms with Crippen LogP contribution in [-0.4, -0.2) is 47.6 Å². The van der Waals surface area contributed by atoms with Gasteiger partial charge in [-0.15, -0.1) is 0 Å². The number of nitrogens with zero attached hydrogens (tertiary/aromatic N) is 1. The lowest BCUT2D eigenvalue weighted by atomic mass is 9.99. The number of nitrogens with one attached hydrogen (secondary N) is 1. The summed E-state index contributed by atoms with van der Waals surface area (Å²) in [5.41, 5.74) is 0. The number of carbonyl (C=O) groups is 2. The van der Waals surface area contributed by atoms with Crippen molar-refractivity contribution in [1.82, 2.24) is 10.2 Å². The maximum Gasteiger partial charge on any atom is 0.320 e. The number of hydrogen-bond donors (Lipinski definition) is 2. The zero-order chi connectivity index (χ0) is 13.7. The van der Waals surface area contributed by atoms with Gasteiger partial charge < -0.3 is 10.0 Å². The molecule has 2 N–H and O–H groups in total. The molecule has 1 rings (SSSR count). The third-order valence-electron chi connectivity index (χ3n) is 3.54. The molecule has 1 fully saturated rings. The van der Waals surface area contributed by atoms with Crippen molar-refractivity contribution < 1.29 is 14.7 Å². The lowest BCUT2D eigenvalue weighted by Crippen LogP contribution is -2.48. The minimum atomic E-state index is -0.898. The maximum absolute atomic E-state index is 11.9. The van der Waals surface area contributed by atoms with Gasteiger partial charge in [-0.05, 0) is 24.7 Å². The first-order chi connectivity index (χ1) is 8.41. The molecule has 0 aromatic heterocycles. The molecule has 1 amide bonds. The summed E-state index contributed by atoms with van der Waals surface area (Å²) in [4.78, 5) is 24.7. The van der Waals surface area contributed by atoms with E-state index in [9.17, 15) is 9.59 Å². The largest absolute Gasteiger partial charge is 0.480 e. The highest BCUT2D eigenvalue weighted by Crippen LogP contribution is 2.15. The fourth-order valence-electron chi connectivity index (χ4n) is 2.18. The van der Waals surface area contributed by atoms with Crippen LogP contribution < -0.4 is 5.32 Å². The number of aliphatic carboxylic acids is 1. The summed E-state index contributed by atoms with van der Waals surface area (Å²) in [5.74, 6) is -0.236. The van der Waals surface area contributed by atoms with E-state index in [4.69, 9.17) is 5.11 Å². The van der Waals surface area contributed by atoms with Gasteiger partial charge in [0.25, 0.3) is 0 Å². The number of amides is 1. The average Bonchev–Trinajstić information content (AvgIpc) is 2.28. The number of carboxylic acid groups (broad SMARTS) is 1. The summed E-state index contributed by atoms with van der Waals surface area (Å²) in [6, 6.07) is -0.655. The number of carbonyl (C=O) groups excluding carboxylic acids is 1. The molecule has 1 aliphatic heterocycles. The second-order valence-corrected chi connectivity index (χ2v) is 5.50. The molecule has 1 saturated heterocycles. The highest BCUT2D eigenvalue weighted by atomic mass is 16.4. The first-order valence-electron chi connectivity index (χ1n) is 6.65. The van der Waals surface area contributed by atoms with Crippen LogP contribution in [0.3, 0.4) is 0 Å². The maximum atomic E-state index is 11.9. The molecule has 1 unspecified atom stereocenters. The van der Waals surface area contributed by atoms with Gasteiger partial charge in [0.05, 0.1) is 6.54 Å². The Kier molecular flexibility index (Phi) is 5.59. The van der Waals surface area contributed by atoms with Crippen molar-refractivity contribution in [3.8, 4) is 0 Å². The standard InChI is InChI=1S/C13H24N2O3/c1-9(2)12(13(17)18)14-8-11(16)15-6-4-10(3)5-7-15/h9-10,12,14H,4-8H2,1-3H3,(H,17,18). The van der Waals surface area contributed by atoms with E-state index >= 15 is 0 Å². The zero-order valence-electron chi connectivity index (χ0n) is 11.5. The van der Waals surface area contributed by atoms with E-state index in [-0.39, 0.29) is 18.4 Å². The molecule has 0 aliphatic carbocycles. The van der Waals surface area contributed by atoms with Crippen LogP contribution in [-0.2, 0) is 9.59 Å². The molecule has 5 heteroatoms. The molecule has 0 aromatic carbocycles. The minimum Gasteiger partial charge on any atom is -0.480 e. The van der Waals surface area contributed by atoms with Crippen molar-refractivity contribution in [1.29, 1.82) is 0 Å². The van der Waals surface area contributed by atoms with Crippen LogP contribution in [0.1, 0.15) is 33.6 Å². The predicted octanol–water partition coefficient (Wildman–Crippen LogP) is 0.944. The van der Waals surface area contributed by atoms with Crippen molar-refractivity contribution in [2.24, 2.45) is 11.8 Å². The number of rotatable bonds is 5. The van der Waals surface area contributed by atoms with Crippen LogP contribution in [0.25, 0.3) is 0 Å². The van der Waals surface area contributed by atoms with Crippen molar-refractivity contribution in [3.05, 3.63) is 0 Å². The molecule has 0 bridgehead atoms. The lowest BCUT2D eigenvalue weighted by molar-refractivity contribution is -0.141. The minimum absolute atomic E-state index is 0.00815. The summed E-state index contributed by atoms with van der Waals surface area (Å²) >= 11 is 0. The van der Waals surface area contributed by atoms with Crippen molar-refractivity contribution >= 4 is 11.9 Å². The molecule has 104 valence electrons. The zero-order valence-corrected chi connectivity index (χ0v) is 11.5. The molecule has 1 aliphatic rings. The molecule has 0 radical (unpaired) electrons. The van der Waals surface area contributed by atoms with Gasteiger partial charge >= 0.3 is 5.97 Å². The van der Waals surface area contributed by atoms with E-state index in [0.717, 1.165) is 25.9 Å². The summed E-state index contributed by atoms with van der Waals surface area (Å²) < 4.78 is 0. The summed E-state index contributed by atoms with van der Waals surface area (Å²) in [7, 11) is 0. The second kappa shape index (κ2) is 6.73. The monoisotopic (exact) mass is 256 g/mol. The lowest BCUT2D eigenvalue weighted by Gasteiger charge is -2.31. The molecular formula is C13H24N2O3. The molecule has 5 nitrogen and oxygen atoms in total. The van der Waals surface area contributed by atoms with Gasteiger partial charge in [-0.3, -0.25) is 14.9 Å². The molecule has 1 heterocycles. The molecule has 0 saturated carbocycles. The van der Waals surface area contributed by atoms with E-state index in [2.05, 4.69) is 12.2 Å². The van der Waals surface area contributed by atoms with Crippen LogP contribution in [0.15, 0.2) is 0 Å². The van der Waals surface area contributed by atoms with E-state index in [1.54, 1.807) is 0 Å². The van der Waals surface area contributed by atoms with Gasteiger partial charge in [0.15, 0.2) is 0 Å². The van der Waals surface area contributed by atoms with Crippen molar-refractivity contribution in [2.45, 2.75) is 39.7 Å². The van der Waals surface area contributed by atoms with Crippen molar-refractivity contribution in [2.75, 3.05) is 19.6 Å². The van der Waals surface area contributed by atoms with Gasteiger partial charge in [0.1, 0.15) is 6.04 Å². The van der Waals surface area contributed by atoms with E-state index < -0.39 is 12.0 Å². The normalized spacial score (nSPS) is 19.0. The Labute approximate surface area is 109 Å². The van der Waals surface area contributed by atoms with Gasteiger partial charge in [-0.25, -0.2) is 0 Å². The first-order valence-corrected chi connectivity index (χ1v) is 6.65. The van der Waals surface area contributed by atoms with Crippen LogP contribution >= 0.6 is 0 Å². The van der Waals surface area contributed by atoms with Crippen LogP contribution in [0.5, 0.6) is 0 Å². The Morgan fingerprint density at radius 3 is 2.33 bits per heavy atom. The molecule has 1 atom stereocenters. The number of likely N-dealkylation sites (tertiary alicyclic amines) is 1. The fraction of sp³-hybridized carbons (Fsp3) is 0.846. The van der Waals surface area contributed by atoms with Crippen LogP contribution in [0.2, 0.25) is 0 Å². The predicted molar refractivity (Wildman–Crippen MR) is 69.2 cm³/mol. The topological polar surface area (TPSA) is 69.6 Å². The van der Waals surface area contributed by atoms with Gasteiger partial charge in [-0.1, -0.05) is 20.8 Å². The second-order valence-electron chi connectivity index (χ2n) is 5.50. The third-order valence-corrected chi connectivity index (χ3v) is 3.54. The molecule has 0 spiro atoms. The Balaban J connectivity index is 2.38. The van der Waals surface area contributed by atoms with Crippen LogP contribution in [0.4, 0.5) is 0 Å². The van der Waals surface area contributed by atoms with Crippen molar-refractivity contribution in [3.63, 3.8) is 0 Å². The average molecular weight is 256 g/mol. The van der Waals surface area contributed by atoms with E-state index in [0.29, 0.717) is 5.92 Å². The van der Waals surface area contributed by atoms with Gasteiger partial charge in [0, 0.05) is 13.1 Å². The van der Waals surface area contributed by atoms with Gasteiger partial charge in [-0.2, -0.15) is 0 Å². The van der Waals surface area contributed by atoms with Crippen LogP contribution in [0, 0.1) is 11.8 Å². The Bertz CT molecular complexity index is 297. The molecular weight excluding hydrogens is 232 g/mol. The van der Waals surface area contributed by atoms with E-state index in [1.807, 2.05) is 18.7 Å². The SMILES string of the molecule is CC1CCN(C(=O)CNC(C(=O)O)C(C)C)CC1. The quantitative estimate of drug-likeness (QED) is 0.768. The summed E-state index contributed by atoms with van der Waals surface area (Å²) in [6.45, 7) is 7.56. The Morgan fingerprint density at radius 2 is 1.89 bits per heavy atom. The highest BCUT2D eigenvalue weighted by Gasteiger charge is 2.24. The third kappa shape index (κ3) is 4.29.